The van der Waals surface area contributed by atoms with Crippen LogP contribution in [0.15, 0.2) is 0 Å². The summed E-state index contributed by atoms with van der Waals surface area (Å²) in [5.74, 6) is 0. The van der Waals surface area contributed by atoms with Crippen molar-refractivity contribution in [1.82, 2.24) is 0 Å². The van der Waals surface area contributed by atoms with E-state index in [1.54, 1.807) is 24.6 Å². The van der Waals surface area contributed by atoms with Gasteiger partial charge in [-0.05, 0) is 32.1 Å². The first-order chi connectivity index (χ1) is 13.7. The molecule has 0 aromatic heterocycles. The highest BCUT2D eigenvalue weighted by molar-refractivity contribution is 7.75. The van der Waals surface area contributed by atoms with Crippen LogP contribution in [-0.4, -0.2) is 31.9 Å². The van der Waals surface area contributed by atoms with Crippen LogP contribution in [0.25, 0.3) is 0 Å². The minimum Gasteiger partial charge on any atom is -0.418 e. The zero-order chi connectivity index (χ0) is 22.4. The first-order valence-electron chi connectivity index (χ1n) is 12.5. The minimum absolute atomic E-state index is 0.576. The molecule has 0 radical (unpaired) electrons. The number of halogens is 4. The molecule has 0 unspecified atom stereocenters. The molecule has 0 N–H and O–H groups in total. The first-order valence-corrected chi connectivity index (χ1v) is 15.0. The maximum Gasteiger partial charge on any atom is 0.673 e. The van der Waals surface area contributed by atoms with Crippen molar-refractivity contribution in [3.05, 3.63) is 0 Å². The van der Waals surface area contributed by atoms with Gasteiger partial charge in [-0.25, -0.2) is 0 Å². The van der Waals surface area contributed by atoms with Gasteiger partial charge in [0.05, 0.1) is 24.6 Å². The Balaban J connectivity index is 0. The lowest BCUT2D eigenvalue weighted by Gasteiger charge is -2.27. The second-order valence-electron chi connectivity index (χ2n) is 8.62. The highest BCUT2D eigenvalue weighted by atomic mass is 31.2. The Morgan fingerprint density at radius 1 is 0.414 bits per heavy atom. The monoisotopic (exact) mass is 444 g/mol. The Morgan fingerprint density at radius 3 is 0.966 bits per heavy atom. The summed E-state index contributed by atoms with van der Waals surface area (Å²) in [6.45, 7) is 9.52. The largest absolute Gasteiger partial charge is 0.673 e. The summed E-state index contributed by atoms with van der Waals surface area (Å²) in [5, 5.41) is 0. The summed E-state index contributed by atoms with van der Waals surface area (Å²) in [6.07, 6.45) is 28.4. The van der Waals surface area contributed by atoms with Gasteiger partial charge in [0, 0.05) is 7.26 Å². The van der Waals surface area contributed by atoms with Crippen molar-refractivity contribution >= 4 is 14.5 Å². The highest BCUT2D eigenvalue weighted by Crippen LogP contribution is 2.60. The van der Waals surface area contributed by atoms with E-state index in [9.17, 15) is 17.3 Å². The van der Waals surface area contributed by atoms with Gasteiger partial charge in [0.2, 0.25) is 0 Å². The van der Waals surface area contributed by atoms with E-state index in [1.807, 2.05) is 0 Å². The average molecular weight is 444 g/mol. The molecular formula is C23H50BF4P. The summed E-state index contributed by atoms with van der Waals surface area (Å²) in [7, 11) is -6.58. The van der Waals surface area contributed by atoms with E-state index in [-0.39, 0.29) is 0 Å². The van der Waals surface area contributed by atoms with E-state index in [0.29, 0.717) is 0 Å². The van der Waals surface area contributed by atoms with Crippen molar-refractivity contribution in [2.24, 2.45) is 0 Å². The molecule has 0 aliphatic carbocycles. The predicted molar refractivity (Wildman–Crippen MR) is 129 cm³/mol. The van der Waals surface area contributed by atoms with E-state index in [2.05, 4.69) is 27.7 Å². The van der Waals surface area contributed by atoms with Gasteiger partial charge in [-0.1, -0.05) is 91.9 Å². The van der Waals surface area contributed by atoms with Crippen LogP contribution >= 0.6 is 7.26 Å². The normalized spacial score (nSPS) is 12.0. The number of rotatable bonds is 19. The second kappa shape index (κ2) is 21.4. The van der Waals surface area contributed by atoms with Gasteiger partial charge in [0.1, 0.15) is 0 Å². The third-order valence-electron chi connectivity index (χ3n) is 5.58. The molecule has 0 spiro atoms. The van der Waals surface area contributed by atoms with Crippen molar-refractivity contribution in [2.45, 2.75) is 124 Å². The molecule has 6 heteroatoms. The van der Waals surface area contributed by atoms with Crippen molar-refractivity contribution < 1.29 is 17.3 Å². The van der Waals surface area contributed by atoms with Gasteiger partial charge in [0.15, 0.2) is 0 Å². The zero-order valence-corrected chi connectivity index (χ0v) is 20.9. The van der Waals surface area contributed by atoms with Crippen molar-refractivity contribution in [3.8, 4) is 0 Å². The number of hydrogen-bond acceptors (Lipinski definition) is 0. The minimum atomic E-state index is -6.00. The average Bonchev–Trinajstić information content (AvgIpc) is 2.62. The van der Waals surface area contributed by atoms with Crippen LogP contribution in [0, 0.1) is 0 Å². The molecule has 0 rings (SSSR count). The summed E-state index contributed by atoms with van der Waals surface area (Å²) in [4.78, 5) is 0. The van der Waals surface area contributed by atoms with Crippen molar-refractivity contribution in [1.29, 1.82) is 0 Å². The highest BCUT2D eigenvalue weighted by Gasteiger charge is 2.33. The first kappa shape index (κ1) is 31.4. The van der Waals surface area contributed by atoms with E-state index in [4.69, 9.17) is 0 Å². The van der Waals surface area contributed by atoms with Crippen molar-refractivity contribution in [3.63, 3.8) is 0 Å². The number of unbranched alkanes of at least 4 members (excludes halogenated alkanes) is 11. The smallest absolute Gasteiger partial charge is 0.418 e. The fraction of sp³-hybridized carbons (Fsp3) is 1.00. The fourth-order valence-corrected chi connectivity index (χ4v) is 9.46. The van der Waals surface area contributed by atoms with Crippen LogP contribution in [0.1, 0.15) is 124 Å². The quantitative estimate of drug-likeness (QED) is 0.0804. The van der Waals surface area contributed by atoms with Crippen LogP contribution in [-0.2, 0) is 0 Å². The number of hydrogen-bond donors (Lipinski definition) is 0. The maximum absolute atomic E-state index is 9.75. The Morgan fingerprint density at radius 2 is 0.690 bits per heavy atom. The Hall–Kier alpha value is 0.215. The van der Waals surface area contributed by atoms with Gasteiger partial charge in [-0.15, -0.1) is 0 Å². The standard InChI is InChI=1S/C23H50P.BF4/c1-5-9-10-11-12-13-14-15-16-17-18-19-23-24(20-6-2,21-7-3)22-8-4;2-1(3,4)5/h5-23H2,1-4H3;/q+1;-1. The second-order valence-corrected chi connectivity index (χ2v) is 13.1. The molecule has 0 bridgehead atoms. The summed E-state index contributed by atoms with van der Waals surface area (Å²) in [5.41, 5.74) is 0. The zero-order valence-electron chi connectivity index (χ0n) is 20.0. The molecule has 0 fully saturated rings. The molecule has 0 heterocycles. The van der Waals surface area contributed by atoms with Gasteiger partial charge in [-0.2, -0.15) is 0 Å². The molecule has 0 saturated heterocycles. The molecule has 0 atom stereocenters. The van der Waals surface area contributed by atoms with E-state index < -0.39 is 14.5 Å². The lowest BCUT2D eigenvalue weighted by molar-refractivity contribution is 0.368. The molecule has 0 aromatic carbocycles. The lowest BCUT2D eigenvalue weighted by Crippen LogP contribution is -2.11. The van der Waals surface area contributed by atoms with Gasteiger partial charge in [-0.3, -0.25) is 0 Å². The van der Waals surface area contributed by atoms with Gasteiger partial charge < -0.3 is 17.3 Å². The fourth-order valence-electron chi connectivity index (χ4n) is 4.38. The summed E-state index contributed by atoms with van der Waals surface area (Å²) >= 11 is 0. The molecule has 0 aliphatic heterocycles. The molecule has 0 amide bonds. The van der Waals surface area contributed by atoms with Gasteiger partial charge >= 0.3 is 7.25 Å². The van der Waals surface area contributed by atoms with E-state index in [1.165, 1.54) is 96.3 Å². The van der Waals surface area contributed by atoms with E-state index in [0.717, 1.165) is 0 Å². The summed E-state index contributed by atoms with van der Waals surface area (Å²) in [6, 6.07) is 0. The molecule has 29 heavy (non-hydrogen) atoms. The molecular weight excluding hydrogens is 394 g/mol. The van der Waals surface area contributed by atoms with Crippen LogP contribution in [0.4, 0.5) is 17.3 Å². The SMILES string of the molecule is CCCCCCCCCCCCCC[P+](CCC)(CCC)CCC.F[B-](F)(F)F. The van der Waals surface area contributed by atoms with Crippen LogP contribution < -0.4 is 0 Å². The molecule has 178 valence electrons. The third-order valence-corrected chi connectivity index (χ3v) is 11.0. The maximum atomic E-state index is 9.75. The van der Waals surface area contributed by atoms with Gasteiger partial charge in [0.25, 0.3) is 0 Å². The molecule has 0 aliphatic rings. The Bertz CT molecular complexity index is 301. The summed E-state index contributed by atoms with van der Waals surface area (Å²) < 4.78 is 39.0. The molecule has 0 nitrogen and oxygen atoms in total. The molecule has 0 aromatic rings. The van der Waals surface area contributed by atoms with Crippen LogP contribution in [0.3, 0.4) is 0 Å². The Labute approximate surface area is 180 Å². The lowest BCUT2D eigenvalue weighted by atomic mass is 10.1. The van der Waals surface area contributed by atoms with Crippen LogP contribution in [0.5, 0.6) is 0 Å². The van der Waals surface area contributed by atoms with E-state index >= 15 is 0 Å². The predicted octanol–water partition coefficient (Wildman–Crippen LogP) is 10.2. The van der Waals surface area contributed by atoms with Crippen molar-refractivity contribution in [2.75, 3.05) is 24.6 Å². The van der Waals surface area contributed by atoms with Crippen LogP contribution in [0.2, 0.25) is 0 Å². The third kappa shape index (κ3) is 26.2. The topological polar surface area (TPSA) is 0 Å². The molecule has 0 saturated carbocycles. The Kier molecular flexibility index (Phi) is 23.2.